The molecule has 1 aromatic carbocycles. The number of hydrogen-bond donors (Lipinski definition) is 2. The highest BCUT2D eigenvalue weighted by atomic mass is 16.4. The zero-order valence-corrected chi connectivity index (χ0v) is 11.0. The van der Waals surface area contributed by atoms with Crippen molar-refractivity contribution in [2.75, 3.05) is 5.32 Å². The number of nitrogens with one attached hydrogen (secondary N) is 1. The Kier molecular flexibility index (Phi) is 3.90. The molecule has 0 radical (unpaired) electrons. The van der Waals surface area contributed by atoms with Crippen LogP contribution in [0.1, 0.15) is 43.5 Å². The highest BCUT2D eigenvalue weighted by Gasteiger charge is 2.28. The Morgan fingerprint density at radius 1 is 1.22 bits per heavy atom. The van der Waals surface area contributed by atoms with Crippen molar-refractivity contribution in [2.45, 2.75) is 39.2 Å². The average Bonchev–Trinajstić information content (AvgIpc) is 2.34. The Morgan fingerprint density at radius 2 is 1.83 bits per heavy atom. The zero-order chi connectivity index (χ0) is 13.1. The lowest BCUT2D eigenvalue weighted by Gasteiger charge is -2.36. The van der Waals surface area contributed by atoms with Crippen LogP contribution in [0.3, 0.4) is 0 Å². The first-order valence-electron chi connectivity index (χ1n) is 6.68. The summed E-state index contributed by atoms with van der Waals surface area (Å²) in [6, 6.07) is 7.54. The minimum absolute atomic E-state index is 0.363. The van der Waals surface area contributed by atoms with E-state index in [0.717, 1.165) is 5.69 Å². The molecule has 1 aliphatic carbocycles. The van der Waals surface area contributed by atoms with Gasteiger partial charge in [0.15, 0.2) is 0 Å². The number of aromatic carboxylic acids is 1. The van der Waals surface area contributed by atoms with Crippen molar-refractivity contribution in [3.8, 4) is 0 Å². The molecule has 1 fully saturated rings. The summed E-state index contributed by atoms with van der Waals surface area (Å²) in [7, 11) is 0. The summed E-state index contributed by atoms with van der Waals surface area (Å²) >= 11 is 0. The SMILES string of the molecule is CC1CCCC(C)C1Nc1ccccc1C(=O)O. The molecular weight excluding hydrogens is 226 g/mol. The van der Waals surface area contributed by atoms with E-state index >= 15 is 0 Å². The van der Waals surface area contributed by atoms with Gasteiger partial charge in [-0.25, -0.2) is 4.79 Å². The molecule has 18 heavy (non-hydrogen) atoms. The van der Waals surface area contributed by atoms with Gasteiger partial charge in [0.25, 0.3) is 0 Å². The average molecular weight is 247 g/mol. The van der Waals surface area contributed by atoms with Crippen LogP contribution in [-0.2, 0) is 0 Å². The minimum Gasteiger partial charge on any atom is -0.478 e. The molecule has 1 saturated carbocycles. The molecule has 0 aromatic heterocycles. The van der Waals surface area contributed by atoms with E-state index in [1.165, 1.54) is 19.3 Å². The van der Waals surface area contributed by atoms with Crippen molar-refractivity contribution >= 4 is 11.7 Å². The zero-order valence-electron chi connectivity index (χ0n) is 11.0. The summed E-state index contributed by atoms with van der Waals surface area (Å²) in [4.78, 5) is 11.2. The van der Waals surface area contributed by atoms with E-state index in [-0.39, 0.29) is 0 Å². The van der Waals surface area contributed by atoms with Gasteiger partial charge in [0.05, 0.1) is 5.56 Å². The van der Waals surface area contributed by atoms with Crippen molar-refractivity contribution in [1.29, 1.82) is 0 Å². The molecule has 2 N–H and O–H groups in total. The van der Waals surface area contributed by atoms with Gasteiger partial charge in [0.1, 0.15) is 0 Å². The third-order valence-corrected chi connectivity index (χ3v) is 4.02. The number of carbonyl (C=O) groups is 1. The molecule has 2 unspecified atom stereocenters. The van der Waals surface area contributed by atoms with Gasteiger partial charge in [-0.15, -0.1) is 0 Å². The van der Waals surface area contributed by atoms with Crippen LogP contribution in [0.5, 0.6) is 0 Å². The molecule has 1 aliphatic rings. The maximum atomic E-state index is 11.2. The monoisotopic (exact) mass is 247 g/mol. The van der Waals surface area contributed by atoms with Crippen LogP contribution in [-0.4, -0.2) is 17.1 Å². The van der Waals surface area contributed by atoms with Crippen LogP contribution in [0, 0.1) is 11.8 Å². The molecule has 0 amide bonds. The van der Waals surface area contributed by atoms with Gasteiger partial charge in [-0.2, -0.15) is 0 Å². The molecule has 98 valence electrons. The molecule has 2 rings (SSSR count). The van der Waals surface area contributed by atoms with E-state index in [2.05, 4.69) is 19.2 Å². The van der Waals surface area contributed by atoms with E-state index in [4.69, 9.17) is 0 Å². The van der Waals surface area contributed by atoms with Crippen LogP contribution in [0.4, 0.5) is 5.69 Å². The van der Waals surface area contributed by atoms with Gasteiger partial charge in [-0.1, -0.05) is 32.4 Å². The largest absolute Gasteiger partial charge is 0.478 e. The van der Waals surface area contributed by atoms with Crippen molar-refractivity contribution in [3.63, 3.8) is 0 Å². The van der Waals surface area contributed by atoms with Crippen LogP contribution >= 0.6 is 0 Å². The summed E-state index contributed by atoms with van der Waals surface area (Å²) in [5, 5.41) is 12.6. The molecule has 0 heterocycles. The summed E-state index contributed by atoms with van der Waals surface area (Å²) in [6.45, 7) is 4.49. The number of anilines is 1. The number of carboxylic acids is 1. The fourth-order valence-corrected chi connectivity index (χ4v) is 2.94. The maximum absolute atomic E-state index is 11.2. The van der Waals surface area contributed by atoms with Gasteiger partial charge in [-0.05, 0) is 36.8 Å². The van der Waals surface area contributed by atoms with Gasteiger partial charge in [0.2, 0.25) is 0 Å². The lowest BCUT2D eigenvalue weighted by Crippen LogP contribution is -2.37. The third-order valence-electron chi connectivity index (χ3n) is 4.02. The Hall–Kier alpha value is -1.51. The predicted molar refractivity (Wildman–Crippen MR) is 73.0 cm³/mol. The van der Waals surface area contributed by atoms with Crippen LogP contribution in [0.2, 0.25) is 0 Å². The molecular formula is C15H21NO2. The molecule has 3 heteroatoms. The lowest BCUT2D eigenvalue weighted by atomic mass is 9.78. The van der Waals surface area contributed by atoms with Crippen molar-refractivity contribution in [2.24, 2.45) is 11.8 Å². The molecule has 0 aliphatic heterocycles. The highest BCUT2D eigenvalue weighted by Crippen LogP contribution is 2.32. The summed E-state index contributed by atoms with van der Waals surface area (Å²) in [6.07, 6.45) is 3.72. The van der Waals surface area contributed by atoms with E-state index in [1.807, 2.05) is 12.1 Å². The fourth-order valence-electron chi connectivity index (χ4n) is 2.94. The number of para-hydroxylation sites is 1. The van der Waals surface area contributed by atoms with Gasteiger partial charge >= 0.3 is 5.97 Å². The van der Waals surface area contributed by atoms with E-state index in [9.17, 15) is 9.90 Å². The predicted octanol–water partition coefficient (Wildman–Crippen LogP) is 3.62. The normalized spacial score (nSPS) is 27.8. The second-order valence-corrected chi connectivity index (χ2v) is 5.41. The molecule has 2 atom stereocenters. The molecule has 0 bridgehead atoms. The van der Waals surface area contributed by atoms with Crippen molar-refractivity contribution in [1.82, 2.24) is 0 Å². The second-order valence-electron chi connectivity index (χ2n) is 5.41. The van der Waals surface area contributed by atoms with Gasteiger partial charge < -0.3 is 10.4 Å². The van der Waals surface area contributed by atoms with Gasteiger partial charge in [0, 0.05) is 11.7 Å². The summed E-state index contributed by atoms with van der Waals surface area (Å²) in [5.41, 5.74) is 1.11. The minimum atomic E-state index is -0.866. The first-order chi connectivity index (χ1) is 8.59. The second kappa shape index (κ2) is 5.42. The van der Waals surface area contributed by atoms with Crippen LogP contribution in [0.15, 0.2) is 24.3 Å². The topological polar surface area (TPSA) is 49.3 Å². The molecule has 0 spiro atoms. The van der Waals surface area contributed by atoms with Crippen LogP contribution < -0.4 is 5.32 Å². The third kappa shape index (κ3) is 2.66. The Labute approximate surface area is 108 Å². The quantitative estimate of drug-likeness (QED) is 0.857. The van der Waals surface area contributed by atoms with E-state index < -0.39 is 5.97 Å². The summed E-state index contributed by atoms with van der Waals surface area (Å²) in [5.74, 6) is 0.320. The molecule has 1 aromatic rings. The van der Waals surface area contributed by atoms with E-state index in [1.54, 1.807) is 12.1 Å². The van der Waals surface area contributed by atoms with Gasteiger partial charge in [-0.3, -0.25) is 0 Å². The number of benzene rings is 1. The van der Waals surface area contributed by atoms with Crippen LogP contribution in [0.25, 0.3) is 0 Å². The Bertz CT molecular complexity index is 420. The summed E-state index contributed by atoms with van der Waals surface area (Å²) < 4.78 is 0. The number of rotatable bonds is 3. The molecule has 0 saturated heterocycles. The standard InChI is InChI=1S/C15H21NO2/c1-10-6-5-7-11(2)14(10)16-13-9-4-3-8-12(13)15(17)18/h3-4,8-11,14,16H,5-7H2,1-2H3,(H,17,18). The smallest absolute Gasteiger partial charge is 0.337 e. The number of carboxylic acid groups (broad SMARTS) is 1. The maximum Gasteiger partial charge on any atom is 0.337 e. The first kappa shape index (κ1) is 12.9. The first-order valence-corrected chi connectivity index (χ1v) is 6.68. The number of hydrogen-bond acceptors (Lipinski definition) is 2. The van der Waals surface area contributed by atoms with E-state index in [0.29, 0.717) is 23.4 Å². The fraction of sp³-hybridized carbons (Fsp3) is 0.533. The Balaban J connectivity index is 2.20. The lowest BCUT2D eigenvalue weighted by molar-refractivity contribution is 0.0697. The van der Waals surface area contributed by atoms with Crippen molar-refractivity contribution in [3.05, 3.63) is 29.8 Å². The van der Waals surface area contributed by atoms with Crippen molar-refractivity contribution < 1.29 is 9.90 Å². The molecule has 3 nitrogen and oxygen atoms in total. The Morgan fingerprint density at radius 3 is 2.44 bits per heavy atom. The highest BCUT2D eigenvalue weighted by molar-refractivity contribution is 5.94.